The van der Waals surface area contributed by atoms with Crippen LogP contribution in [-0.2, 0) is 0 Å². The molecule has 2 aromatic heterocycles. The van der Waals surface area contributed by atoms with Gasteiger partial charge in [-0.3, -0.25) is 0 Å². The Morgan fingerprint density at radius 2 is 0.846 bits per heavy atom. The van der Waals surface area contributed by atoms with Gasteiger partial charge in [-0.25, -0.2) is 0 Å². The molecule has 0 atom stereocenters. The molecule has 0 fully saturated rings. The first-order chi connectivity index (χ1) is 32.2. The molecule has 65 heavy (non-hydrogen) atoms. The van der Waals surface area contributed by atoms with E-state index in [4.69, 9.17) is 0 Å². The van der Waals surface area contributed by atoms with Crippen LogP contribution in [0.3, 0.4) is 0 Å². The molecule has 12 rings (SSSR count). The normalized spacial score (nSPS) is 11.7. The van der Waals surface area contributed by atoms with Crippen LogP contribution in [0.1, 0.15) is 5.56 Å². The quantitative estimate of drug-likeness (QED) is 0.111. The number of fused-ring (bicyclic) bond motifs is 6. The zero-order chi connectivity index (χ0) is 43.3. The molecule has 3 nitrogen and oxygen atoms in total. The van der Waals surface area contributed by atoms with Crippen molar-refractivity contribution in [3.8, 4) is 39.7 Å². The molecule has 0 saturated heterocycles. The third-order valence-corrected chi connectivity index (χ3v) is 18.0. The monoisotopic (exact) mass is 843 g/mol. The van der Waals surface area contributed by atoms with E-state index in [0.29, 0.717) is 5.56 Å². The first-order valence-corrected chi connectivity index (χ1v) is 24.1. The third kappa shape index (κ3) is 6.17. The molecule has 0 N–H and O–H groups in total. The second kappa shape index (κ2) is 15.7. The van der Waals surface area contributed by atoms with Gasteiger partial charge in [0, 0.05) is 38.5 Å². The Hall–Kier alpha value is -8.49. The number of aromatic nitrogens is 2. The van der Waals surface area contributed by atoms with Crippen molar-refractivity contribution in [3.63, 3.8) is 0 Å². The van der Waals surface area contributed by atoms with Crippen molar-refractivity contribution in [1.82, 2.24) is 9.13 Å². The highest BCUT2D eigenvalue weighted by atomic mass is 28.3. The van der Waals surface area contributed by atoms with Crippen molar-refractivity contribution in [1.29, 1.82) is 5.26 Å². The summed E-state index contributed by atoms with van der Waals surface area (Å²) in [6, 6.07) is 92.9. The SMILES string of the molecule is N#Cc1ccc2c(c1)c1cc(-c3cccc4c5ccccc5n(-c5ccccc5)c34)ccc1n2-c1cccc([Si](c2ccccc2)(c2ccccc2)c2cccc(-c3ccccc3)c2)c1. The van der Waals surface area contributed by atoms with E-state index in [1.54, 1.807) is 0 Å². The van der Waals surface area contributed by atoms with Crippen LogP contribution in [0, 0.1) is 11.3 Å². The van der Waals surface area contributed by atoms with Crippen LogP contribution in [-0.4, -0.2) is 17.2 Å². The molecule has 0 aliphatic rings. The van der Waals surface area contributed by atoms with E-state index >= 15 is 0 Å². The molecule has 4 heteroatoms. The van der Waals surface area contributed by atoms with E-state index in [-0.39, 0.29) is 0 Å². The van der Waals surface area contributed by atoms with Gasteiger partial charge in [0.2, 0.25) is 0 Å². The lowest BCUT2D eigenvalue weighted by atomic mass is 9.99. The van der Waals surface area contributed by atoms with Crippen LogP contribution in [0.2, 0.25) is 0 Å². The average Bonchev–Trinajstić information content (AvgIpc) is 3.90. The maximum atomic E-state index is 10.2. The van der Waals surface area contributed by atoms with E-state index in [1.807, 2.05) is 6.07 Å². The summed E-state index contributed by atoms with van der Waals surface area (Å²) < 4.78 is 4.80. The molecule has 0 bridgehead atoms. The van der Waals surface area contributed by atoms with Gasteiger partial charge in [0.05, 0.1) is 33.7 Å². The van der Waals surface area contributed by atoms with Gasteiger partial charge in [-0.2, -0.15) is 5.26 Å². The number of nitrogens with zero attached hydrogens (tertiary/aromatic N) is 3. The Labute approximate surface area is 379 Å². The van der Waals surface area contributed by atoms with Gasteiger partial charge < -0.3 is 9.13 Å². The minimum atomic E-state index is -2.94. The fourth-order valence-corrected chi connectivity index (χ4v) is 15.3. The van der Waals surface area contributed by atoms with E-state index in [2.05, 4.69) is 258 Å². The Kier molecular flexibility index (Phi) is 9.22. The second-order valence-corrected chi connectivity index (χ2v) is 20.6. The van der Waals surface area contributed by atoms with Crippen LogP contribution >= 0.6 is 0 Å². The van der Waals surface area contributed by atoms with Gasteiger partial charge in [-0.05, 0) is 98.1 Å². The van der Waals surface area contributed by atoms with Crippen LogP contribution in [0.5, 0.6) is 0 Å². The average molecular weight is 844 g/mol. The zero-order valence-electron chi connectivity index (χ0n) is 35.5. The summed E-state index contributed by atoms with van der Waals surface area (Å²) in [4.78, 5) is 0. The molecule has 12 aromatic rings. The summed E-state index contributed by atoms with van der Waals surface area (Å²) >= 11 is 0. The van der Waals surface area contributed by atoms with Gasteiger partial charge in [0.15, 0.2) is 8.07 Å². The highest BCUT2D eigenvalue weighted by Gasteiger charge is 2.42. The zero-order valence-corrected chi connectivity index (χ0v) is 36.5. The molecule has 0 saturated carbocycles. The van der Waals surface area contributed by atoms with Crippen LogP contribution < -0.4 is 20.7 Å². The van der Waals surface area contributed by atoms with Crippen molar-refractivity contribution in [2.75, 3.05) is 0 Å². The molecule has 304 valence electrons. The minimum absolute atomic E-state index is 0.639. The van der Waals surface area contributed by atoms with Crippen molar-refractivity contribution in [2.24, 2.45) is 0 Å². The Morgan fingerprint density at radius 3 is 1.57 bits per heavy atom. The maximum absolute atomic E-state index is 10.2. The smallest absolute Gasteiger partial charge is 0.179 e. The molecule has 10 aromatic carbocycles. The fourth-order valence-electron chi connectivity index (χ4n) is 10.5. The minimum Gasteiger partial charge on any atom is -0.309 e. The van der Waals surface area contributed by atoms with E-state index in [0.717, 1.165) is 44.3 Å². The van der Waals surface area contributed by atoms with Crippen LogP contribution in [0.25, 0.3) is 77.2 Å². The standard InChI is InChI=1S/C61H41N3Si/c62-42-43-34-36-59-56(38-43)57-40-46(53-31-17-32-55-54-30-13-14-33-58(54)64(61(53)55)47-21-7-2-8-22-47)35-37-60(57)63(59)48-23-16-29-52(41-48)65(49-24-9-3-10-25-49,50-26-11-4-12-27-50)51-28-15-20-45(39-51)44-18-5-1-6-19-44/h1-41H. The van der Waals surface area contributed by atoms with Crippen molar-refractivity contribution < 1.29 is 0 Å². The fraction of sp³-hybridized carbons (Fsp3) is 0. The summed E-state index contributed by atoms with van der Waals surface area (Å²) in [6.45, 7) is 0. The molecule has 0 unspecified atom stereocenters. The predicted octanol–water partition coefficient (Wildman–Crippen LogP) is 12.5. The molecular weight excluding hydrogens is 803 g/mol. The number of para-hydroxylation sites is 3. The summed E-state index contributed by atoms with van der Waals surface area (Å²) in [6.07, 6.45) is 0. The molecule has 0 radical (unpaired) electrons. The molecule has 2 heterocycles. The summed E-state index contributed by atoms with van der Waals surface area (Å²) in [5.74, 6) is 0. The van der Waals surface area contributed by atoms with Gasteiger partial charge in [-0.15, -0.1) is 0 Å². The maximum Gasteiger partial charge on any atom is 0.179 e. The van der Waals surface area contributed by atoms with Gasteiger partial charge in [0.1, 0.15) is 0 Å². The summed E-state index contributed by atoms with van der Waals surface area (Å²) in [7, 11) is -2.94. The number of nitriles is 1. The van der Waals surface area contributed by atoms with Crippen molar-refractivity contribution in [2.45, 2.75) is 0 Å². The lowest BCUT2D eigenvalue weighted by Gasteiger charge is -2.35. The first-order valence-electron chi connectivity index (χ1n) is 22.1. The number of rotatable bonds is 8. The highest BCUT2D eigenvalue weighted by Crippen LogP contribution is 2.41. The Bertz CT molecular complexity index is 3730. The Balaban J connectivity index is 1.11. The van der Waals surface area contributed by atoms with Crippen LogP contribution in [0.4, 0.5) is 0 Å². The highest BCUT2D eigenvalue weighted by molar-refractivity contribution is 7.20. The van der Waals surface area contributed by atoms with E-state index in [1.165, 1.54) is 53.7 Å². The lowest BCUT2D eigenvalue weighted by molar-refractivity contribution is 1.18. The second-order valence-electron chi connectivity index (χ2n) is 16.8. The summed E-state index contributed by atoms with van der Waals surface area (Å²) in [5, 5.41) is 20.1. The van der Waals surface area contributed by atoms with Gasteiger partial charge in [-0.1, -0.05) is 188 Å². The van der Waals surface area contributed by atoms with E-state index < -0.39 is 8.07 Å². The first kappa shape index (κ1) is 38.2. The molecular formula is C61H41N3Si. The molecule has 0 amide bonds. The van der Waals surface area contributed by atoms with Gasteiger partial charge >= 0.3 is 0 Å². The van der Waals surface area contributed by atoms with Gasteiger partial charge in [0.25, 0.3) is 0 Å². The molecule has 0 aliphatic heterocycles. The molecule has 0 aliphatic carbocycles. The number of hydrogen-bond donors (Lipinski definition) is 0. The Morgan fingerprint density at radius 1 is 0.323 bits per heavy atom. The summed E-state index contributed by atoms with van der Waals surface area (Å²) in [5.41, 5.74) is 12.0. The number of benzene rings is 10. The topological polar surface area (TPSA) is 33.6 Å². The predicted molar refractivity (Wildman–Crippen MR) is 274 cm³/mol. The van der Waals surface area contributed by atoms with E-state index in [9.17, 15) is 5.26 Å². The number of hydrogen-bond acceptors (Lipinski definition) is 1. The van der Waals surface area contributed by atoms with Crippen molar-refractivity contribution >= 4 is 72.4 Å². The molecule has 0 spiro atoms. The van der Waals surface area contributed by atoms with Crippen LogP contribution in [0.15, 0.2) is 249 Å². The lowest BCUT2D eigenvalue weighted by Crippen LogP contribution is -2.74. The third-order valence-electron chi connectivity index (χ3n) is 13.3. The van der Waals surface area contributed by atoms with Crippen molar-refractivity contribution in [3.05, 3.63) is 254 Å². The largest absolute Gasteiger partial charge is 0.309 e.